The Morgan fingerprint density at radius 2 is 2.44 bits per heavy atom. The molecule has 0 saturated carbocycles. The molecule has 0 radical (unpaired) electrons. The maximum atomic E-state index is 10.3. The number of rotatable bonds is 3. The van der Waals surface area contributed by atoms with Crippen molar-refractivity contribution in [3.8, 4) is 0 Å². The summed E-state index contributed by atoms with van der Waals surface area (Å²) in [5.74, 6) is -0.452. The van der Waals surface area contributed by atoms with E-state index in [4.69, 9.17) is 11.6 Å². The molecular formula is C6H9ClO2. The van der Waals surface area contributed by atoms with Crippen LogP contribution in [0.15, 0.2) is 12.2 Å². The maximum absolute atomic E-state index is 10.3. The Bertz CT molecular complexity index is 110. The number of ether oxygens (including phenoxy) is 1. The van der Waals surface area contributed by atoms with Crippen molar-refractivity contribution in [1.82, 2.24) is 0 Å². The number of carbonyl (C=O) groups is 1. The van der Waals surface area contributed by atoms with Gasteiger partial charge in [0.25, 0.3) is 0 Å². The lowest BCUT2D eigenvalue weighted by Crippen LogP contribution is -2.04. The zero-order valence-electron chi connectivity index (χ0n) is 5.26. The van der Waals surface area contributed by atoms with E-state index in [1.54, 1.807) is 6.08 Å². The van der Waals surface area contributed by atoms with Crippen molar-refractivity contribution in [3.63, 3.8) is 0 Å². The highest BCUT2D eigenvalue weighted by atomic mass is 35.5. The highest BCUT2D eigenvalue weighted by Crippen LogP contribution is 1.82. The molecule has 0 unspecified atom stereocenters. The van der Waals surface area contributed by atoms with Gasteiger partial charge in [-0.2, -0.15) is 0 Å². The van der Waals surface area contributed by atoms with Crippen LogP contribution in [0, 0.1) is 0 Å². The first-order valence-corrected chi connectivity index (χ1v) is 3.17. The second-order valence-electron chi connectivity index (χ2n) is 1.39. The van der Waals surface area contributed by atoms with E-state index in [0.717, 1.165) is 0 Å². The van der Waals surface area contributed by atoms with E-state index in [9.17, 15) is 4.79 Å². The predicted octanol–water partition coefficient (Wildman–Crippen LogP) is 1.34. The van der Waals surface area contributed by atoms with Gasteiger partial charge in [0, 0.05) is 0 Å². The fourth-order valence-electron chi connectivity index (χ4n) is 0.276. The fourth-order valence-corrected chi connectivity index (χ4v) is 0.353. The molecule has 0 aromatic heterocycles. The number of alkyl halides is 1. The lowest BCUT2D eigenvalue weighted by atomic mass is 10.5. The smallest absolute Gasteiger partial charge is 0.321 e. The molecule has 0 aliphatic rings. The lowest BCUT2D eigenvalue weighted by Gasteiger charge is -1.94. The van der Waals surface area contributed by atoms with Crippen molar-refractivity contribution < 1.29 is 9.53 Å². The number of esters is 1. The zero-order chi connectivity index (χ0) is 7.11. The maximum Gasteiger partial charge on any atom is 0.321 e. The minimum absolute atomic E-state index is 0.0719. The molecule has 0 fully saturated rings. The van der Waals surface area contributed by atoms with Gasteiger partial charge in [0.05, 0.1) is 0 Å². The average molecular weight is 149 g/mol. The topological polar surface area (TPSA) is 26.3 Å². The average Bonchev–Trinajstić information content (AvgIpc) is 1.89. The first-order chi connectivity index (χ1) is 4.31. The molecule has 3 heteroatoms. The third-order valence-corrected chi connectivity index (χ3v) is 0.904. The minimum Gasteiger partial charge on any atom is -0.461 e. The summed E-state index contributed by atoms with van der Waals surface area (Å²) in [7, 11) is 0. The highest BCUT2D eigenvalue weighted by molar-refractivity contribution is 6.26. The first kappa shape index (κ1) is 8.50. The van der Waals surface area contributed by atoms with Gasteiger partial charge >= 0.3 is 5.97 Å². The van der Waals surface area contributed by atoms with Crippen molar-refractivity contribution in [2.75, 3.05) is 12.5 Å². The summed E-state index contributed by atoms with van der Waals surface area (Å²) in [6.07, 6.45) is 3.55. The quantitative estimate of drug-likeness (QED) is 0.343. The lowest BCUT2D eigenvalue weighted by molar-refractivity contribution is -0.139. The summed E-state index contributed by atoms with van der Waals surface area (Å²) < 4.78 is 4.57. The zero-order valence-corrected chi connectivity index (χ0v) is 6.02. The molecule has 52 valence electrons. The van der Waals surface area contributed by atoms with Gasteiger partial charge in [0.1, 0.15) is 12.5 Å². The Morgan fingerprint density at radius 3 is 2.89 bits per heavy atom. The summed E-state index contributed by atoms with van der Waals surface area (Å²) in [5.41, 5.74) is 0. The molecular weight excluding hydrogens is 140 g/mol. The summed E-state index contributed by atoms with van der Waals surface area (Å²) in [6.45, 7) is 2.18. The van der Waals surface area contributed by atoms with Crippen molar-refractivity contribution in [2.24, 2.45) is 0 Å². The van der Waals surface area contributed by atoms with E-state index in [-0.39, 0.29) is 11.8 Å². The largest absolute Gasteiger partial charge is 0.461 e. The summed E-state index contributed by atoms with van der Waals surface area (Å²) in [5, 5.41) is 0. The van der Waals surface area contributed by atoms with Crippen LogP contribution in [0.3, 0.4) is 0 Å². The van der Waals surface area contributed by atoms with Crippen LogP contribution >= 0.6 is 11.6 Å². The molecule has 0 aliphatic carbocycles. The molecule has 0 aromatic rings. The van der Waals surface area contributed by atoms with Crippen LogP contribution in [-0.2, 0) is 9.53 Å². The van der Waals surface area contributed by atoms with Gasteiger partial charge < -0.3 is 4.74 Å². The van der Waals surface area contributed by atoms with Crippen LogP contribution in [0.5, 0.6) is 0 Å². The van der Waals surface area contributed by atoms with Crippen LogP contribution in [0.25, 0.3) is 0 Å². The standard InChI is InChI=1S/C6H9ClO2/c1-2-3-4-9-6(8)5-7/h2-3H,4-5H2,1H3. The molecule has 0 rings (SSSR count). The molecule has 0 aromatic carbocycles. The van der Waals surface area contributed by atoms with Crippen LogP contribution < -0.4 is 0 Å². The van der Waals surface area contributed by atoms with Crippen molar-refractivity contribution in [1.29, 1.82) is 0 Å². The molecule has 0 bridgehead atoms. The Labute approximate surface area is 59.5 Å². The molecule has 0 spiro atoms. The van der Waals surface area contributed by atoms with Gasteiger partial charge in [0.15, 0.2) is 0 Å². The molecule has 2 nitrogen and oxygen atoms in total. The van der Waals surface area contributed by atoms with Gasteiger partial charge in [0.2, 0.25) is 0 Å². The van der Waals surface area contributed by atoms with Crippen LogP contribution in [0.4, 0.5) is 0 Å². The number of halogens is 1. The second-order valence-corrected chi connectivity index (χ2v) is 1.65. The van der Waals surface area contributed by atoms with Gasteiger partial charge in [-0.15, -0.1) is 11.6 Å². The number of allylic oxidation sites excluding steroid dienone is 1. The fraction of sp³-hybridized carbons (Fsp3) is 0.500. The number of hydrogen-bond acceptors (Lipinski definition) is 2. The molecule has 0 atom stereocenters. The van der Waals surface area contributed by atoms with Gasteiger partial charge in [-0.05, 0) is 6.92 Å². The van der Waals surface area contributed by atoms with Gasteiger partial charge in [-0.25, -0.2) is 0 Å². The Morgan fingerprint density at radius 1 is 1.78 bits per heavy atom. The number of carbonyl (C=O) groups excluding carboxylic acids is 1. The van der Waals surface area contributed by atoms with E-state index in [1.807, 2.05) is 13.0 Å². The molecule has 0 N–H and O–H groups in total. The van der Waals surface area contributed by atoms with Crippen LogP contribution in [0.1, 0.15) is 6.92 Å². The van der Waals surface area contributed by atoms with Crippen LogP contribution in [-0.4, -0.2) is 18.5 Å². The van der Waals surface area contributed by atoms with Crippen molar-refractivity contribution in [3.05, 3.63) is 12.2 Å². The molecule has 0 heterocycles. The van der Waals surface area contributed by atoms with E-state index in [1.165, 1.54) is 0 Å². The third kappa shape index (κ3) is 5.37. The van der Waals surface area contributed by atoms with E-state index < -0.39 is 0 Å². The normalized spacial score (nSPS) is 10.0. The van der Waals surface area contributed by atoms with Gasteiger partial charge in [-0.3, -0.25) is 4.79 Å². The first-order valence-electron chi connectivity index (χ1n) is 2.64. The van der Waals surface area contributed by atoms with Gasteiger partial charge in [-0.1, -0.05) is 12.2 Å². The highest BCUT2D eigenvalue weighted by Gasteiger charge is 1.94. The Balaban J connectivity index is 3.17. The van der Waals surface area contributed by atoms with Crippen LogP contribution in [0.2, 0.25) is 0 Å². The number of hydrogen-bond donors (Lipinski definition) is 0. The van der Waals surface area contributed by atoms with E-state index in [0.29, 0.717) is 6.61 Å². The Hall–Kier alpha value is -0.500. The minimum atomic E-state index is -0.380. The SMILES string of the molecule is CC=CCOC(=O)CCl. The summed E-state index contributed by atoms with van der Waals surface area (Å²) in [6, 6.07) is 0. The van der Waals surface area contributed by atoms with E-state index >= 15 is 0 Å². The van der Waals surface area contributed by atoms with E-state index in [2.05, 4.69) is 4.74 Å². The monoisotopic (exact) mass is 148 g/mol. The molecule has 0 aliphatic heterocycles. The predicted molar refractivity (Wildman–Crippen MR) is 36.5 cm³/mol. The summed E-state index contributed by atoms with van der Waals surface area (Å²) >= 11 is 5.13. The van der Waals surface area contributed by atoms with Crippen molar-refractivity contribution in [2.45, 2.75) is 6.92 Å². The molecule has 0 amide bonds. The second kappa shape index (κ2) is 5.63. The molecule has 0 saturated heterocycles. The summed E-state index contributed by atoms with van der Waals surface area (Å²) in [4.78, 5) is 10.3. The molecule has 9 heavy (non-hydrogen) atoms. The Kier molecular flexibility index (Phi) is 5.32. The third-order valence-electron chi connectivity index (χ3n) is 0.685. The van der Waals surface area contributed by atoms with Crippen molar-refractivity contribution >= 4 is 17.6 Å².